The normalized spacial score (nSPS) is 21.8. The van der Waals surface area contributed by atoms with Gasteiger partial charge in [-0.2, -0.15) is 0 Å². The number of carbonyl (C=O) groups is 1. The highest BCUT2D eigenvalue weighted by molar-refractivity contribution is 5.72. The van der Waals surface area contributed by atoms with Crippen molar-refractivity contribution < 1.29 is 24.1 Å². The van der Waals surface area contributed by atoms with Crippen molar-refractivity contribution in [3.05, 3.63) is 53.6 Å². The Kier molecular flexibility index (Phi) is 4.90. The molecular weight excluding hydrogens is 346 g/mol. The number of fused-ring (bicyclic) bond motifs is 1. The Hall–Kier alpha value is -2.73. The van der Waals surface area contributed by atoms with E-state index in [1.54, 1.807) is 7.11 Å². The molecular formula is C21H23NO5. The van der Waals surface area contributed by atoms with Gasteiger partial charge in [0, 0.05) is 37.2 Å². The molecule has 0 radical (unpaired) electrons. The van der Waals surface area contributed by atoms with Crippen LogP contribution in [0, 0.1) is 5.92 Å². The van der Waals surface area contributed by atoms with Crippen LogP contribution in [0.3, 0.4) is 0 Å². The second-order valence-electron chi connectivity index (χ2n) is 6.96. The summed E-state index contributed by atoms with van der Waals surface area (Å²) in [6.45, 7) is 2.86. The molecule has 2 atom stereocenters. The maximum Gasteiger partial charge on any atom is 0.308 e. The minimum Gasteiger partial charge on any atom is -0.496 e. The van der Waals surface area contributed by atoms with Gasteiger partial charge in [-0.1, -0.05) is 30.3 Å². The number of benzene rings is 2. The fourth-order valence-corrected chi connectivity index (χ4v) is 3.97. The minimum absolute atomic E-state index is 0.0214. The second kappa shape index (κ2) is 7.48. The van der Waals surface area contributed by atoms with E-state index < -0.39 is 11.9 Å². The number of hydrogen-bond donors (Lipinski definition) is 1. The second-order valence-corrected chi connectivity index (χ2v) is 6.96. The number of carboxylic acids is 1. The van der Waals surface area contributed by atoms with Gasteiger partial charge in [0.15, 0.2) is 11.5 Å². The number of ether oxygens (including phenoxy) is 3. The van der Waals surface area contributed by atoms with E-state index in [1.165, 1.54) is 0 Å². The molecule has 2 unspecified atom stereocenters. The first-order valence-electron chi connectivity index (χ1n) is 9.12. The lowest BCUT2D eigenvalue weighted by molar-refractivity contribution is -0.141. The summed E-state index contributed by atoms with van der Waals surface area (Å²) in [5.41, 5.74) is 2.04. The van der Waals surface area contributed by atoms with Gasteiger partial charge in [0.25, 0.3) is 0 Å². The molecule has 2 heterocycles. The van der Waals surface area contributed by atoms with Crippen LogP contribution in [-0.4, -0.2) is 49.4 Å². The van der Waals surface area contributed by atoms with E-state index in [9.17, 15) is 9.90 Å². The molecule has 0 spiro atoms. The lowest BCUT2D eigenvalue weighted by atomic mass is 9.89. The Balaban J connectivity index is 1.57. The predicted molar refractivity (Wildman–Crippen MR) is 99.6 cm³/mol. The molecule has 0 saturated carbocycles. The number of methoxy groups -OCH3 is 1. The van der Waals surface area contributed by atoms with Crippen molar-refractivity contribution in [2.24, 2.45) is 5.92 Å². The number of hydrogen-bond acceptors (Lipinski definition) is 5. The van der Waals surface area contributed by atoms with E-state index in [4.69, 9.17) is 14.2 Å². The van der Waals surface area contributed by atoms with Crippen LogP contribution in [0.2, 0.25) is 0 Å². The molecule has 4 rings (SSSR count). The van der Waals surface area contributed by atoms with Crippen LogP contribution in [0.5, 0.6) is 17.2 Å². The van der Waals surface area contributed by atoms with E-state index in [-0.39, 0.29) is 5.92 Å². The van der Waals surface area contributed by atoms with Crippen LogP contribution in [-0.2, 0) is 11.3 Å². The lowest BCUT2D eigenvalue weighted by Crippen LogP contribution is -2.23. The molecule has 6 nitrogen and oxygen atoms in total. The number of nitrogens with zero attached hydrogens (tertiary/aromatic N) is 1. The van der Waals surface area contributed by atoms with Crippen molar-refractivity contribution >= 4 is 5.97 Å². The van der Waals surface area contributed by atoms with Gasteiger partial charge >= 0.3 is 5.97 Å². The summed E-state index contributed by atoms with van der Waals surface area (Å²) in [5.74, 6) is 0.941. The third-order valence-corrected chi connectivity index (χ3v) is 5.28. The fourth-order valence-electron chi connectivity index (χ4n) is 3.97. The van der Waals surface area contributed by atoms with E-state index >= 15 is 0 Å². The molecule has 2 aromatic carbocycles. The highest BCUT2D eigenvalue weighted by Crippen LogP contribution is 2.39. The van der Waals surface area contributed by atoms with E-state index in [2.05, 4.69) is 4.90 Å². The first-order chi connectivity index (χ1) is 13.2. The van der Waals surface area contributed by atoms with Gasteiger partial charge < -0.3 is 19.3 Å². The van der Waals surface area contributed by atoms with Crippen LogP contribution in [0.1, 0.15) is 17.0 Å². The van der Waals surface area contributed by atoms with Gasteiger partial charge in [0.2, 0.25) is 0 Å². The Morgan fingerprint density at radius 2 is 1.85 bits per heavy atom. The molecule has 1 fully saturated rings. The van der Waals surface area contributed by atoms with Crippen LogP contribution in [0.15, 0.2) is 42.5 Å². The first-order valence-corrected chi connectivity index (χ1v) is 9.12. The molecule has 0 amide bonds. The topological polar surface area (TPSA) is 68.2 Å². The zero-order valence-corrected chi connectivity index (χ0v) is 15.3. The van der Waals surface area contributed by atoms with Crippen molar-refractivity contribution in [1.82, 2.24) is 4.90 Å². The quantitative estimate of drug-likeness (QED) is 0.874. The van der Waals surface area contributed by atoms with Crippen molar-refractivity contribution in [3.8, 4) is 17.2 Å². The van der Waals surface area contributed by atoms with Crippen LogP contribution < -0.4 is 14.2 Å². The van der Waals surface area contributed by atoms with Gasteiger partial charge in [-0.05, 0) is 11.6 Å². The van der Waals surface area contributed by atoms with Gasteiger partial charge in [0.1, 0.15) is 19.0 Å². The van der Waals surface area contributed by atoms with Gasteiger partial charge in [-0.3, -0.25) is 9.69 Å². The smallest absolute Gasteiger partial charge is 0.308 e. The van der Waals surface area contributed by atoms with Crippen molar-refractivity contribution in [2.75, 3.05) is 33.4 Å². The summed E-state index contributed by atoms with van der Waals surface area (Å²) in [4.78, 5) is 14.0. The number of aliphatic carboxylic acids is 1. The van der Waals surface area contributed by atoms with Crippen LogP contribution >= 0.6 is 0 Å². The minimum atomic E-state index is -0.750. The predicted octanol–water partition coefficient (Wildman–Crippen LogP) is 2.77. The lowest BCUT2D eigenvalue weighted by Gasteiger charge is -2.23. The Bertz CT molecular complexity index is 823. The summed E-state index contributed by atoms with van der Waals surface area (Å²) in [6, 6.07) is 13.7. The highest BCUT2D eigenvalue weighted by atomic mass is 16.6. The third-order valence-electron chi connectivity index (χ3n) is 5.28. The molecule has 2 aromatic rings. The van der Waals surface area contributed by atoms with Crippen molar-refractivity contribution in [2.45, 2.75) is 12.5 Å². The van der Waals surface area contributed by atoms with E-state index in [0.29, 0.717) is 44.3 Å². The summed E-state index contributed by atoms with van der Waals surface area (Å²) >= 11 is 0. The van der Waals surface area contributed by atoms with Crippen LogP contribution in [0.25, 0.3) is 0 Å². The Morgan fingerprint density at radius 3 is 2.52 bits per heavy atom. The highest BCUT2D eigenvalue weighted by Gasteiger charge is 2.38. The molecule has 0 aromatic heterocycles. The Morgan fingerprint density at radius 1 is 1.15 bits per heavy atom. The zero-order valence-electron chi connectivity index (χ0n) is 15.3. The summed E-state index contributed by atoms with van der Waals surface area (Å²) in [5, 5.41) is 9.70. The van der Waals surface area contributed by atoms with E-state index in [0.717, 1.165) is 16.9 Å². The summed E-state index contributed by atoms with van der Waals surface area (Å²) < 4.78 is 16.8. The summed E-state index contributed by atoms with van der Waals surface area (Å²) in [7, 11) is 1.63. The van der Waals surface area contributed by atoms with Crippen LogP contribution in [0.4, 0.5) is 0 Å². The molecule has 2 aliphatic rings. The summed E-state index contributed by atoms with van der Waals surface area (Å²) in [6.07, 6.45) is 0. The van der Waals surface area contributed by atoms with E-state index in [1.807, 2.05) is 42.5 Å². The third kappa shape index (κ3) is 3.57. The average Bonchev–Trinajstić information content (AvgIpc) is 3.12. The molecule has 142 valence electrons. The number of likely N-dealkylation sites (tertiary alicyclic amines) is 1. The SMILES string of the molecule is COc1cc2c(cc1CN1CC(C(=O)O)C(c3ccccc3)C1)OCCO2. The number of carboxylic acid groups (broad SMARTS) is 1. The maximum absolute atomic E-state index is 11.8. The monoisotopic (exact) mass is 369 g/mol. The first kappa shape index (κ1) is 17.7. The molecule has 0 bridgehead atoms. The molecule has 1 N–H and O–H groups in total. The zero-order chi connectivity index (χ0) is 18.8. The van der Waals surface area contributed by atoms with Crippen molar-refractivity contribution in [1.29, 1.82) is 0 Å². The van der Waals surface area contributed by atoms with Gasteiger partial charge in [-0.15, -0.1) is 0 Å². The van der Waals surface area contributed by atoms with Crippen molar-refractivity contribution in [3.63, 3.8) is 0 Å². The molecule has 27 heavy (non-hydrogen) atoms. The standard InChI is InChI=1S/C21H23NO5/c1-25-18-10-20-19(26-7-8-27-20)9-15(18)11-22-12-16(17(13-22)21(23)24)14-5-3-2-4-6-14/h2-6,9-10,16-17H,7-8,11-13H2,1H3,(H,23,24). The van der Waals surface area contributed by atoms with Gasteiger partial charge in [0.05, 0.1) is 13.0 Å². The molecule has 0 aliphatic carbocycles. The largest absolute Gasteiger partial charge is 0.496 e. The molecule has 2 aliphatic heterocycles. The number of rotatable bonds is 5. The molecule has 1 saturated heterocycles. The Labute approximate surface area is 158 Å². The average molecular weight is 369 g/mol. The maximum atomic E-state index is 11.8. The van der Waals surface area contributed by atoms with Gasteiger partial charge in [-0.25, -0.2) is 0 Å². The fraction of sp³-hybridized carbons (Fsp3) is 0.381. The molecule has 6 heteroatoms.